The zero-order valence-electron chi connectivity index (χ0n) is 14.3. The third-order valence-corrected chi connectivity index (χ3v) is 4.85. The van der Waals surface area contributed by atoms with Crippen molar-refractivity contribution < 1.29 is 14.1 Å². The van der Waals surface area contributed by atoms with Crippen LogP contribution in [-0.4, -0.2) is 65.5 Å². The molecule has 2 aliphatic rings. The number of aryl methyl sites for hydroxylation is 1. The van der Waals surface area contributed by atoms with E-state index in [-0.39, 0.29) is 17.9 Å². The molecule has 0 aromatic carbocycles. The van der Waals surface area contributed by atoms with Crippen LogP contribution in [0, 0.1) is 6.92 Å². The molecule has 2 saturated heterocycles. The van der Waals surface area contributed by atoms with Crippen LogP contribution in [0.25, 0.3) is 0 Å². The van der Waals surface area contributed by atoms with Crippen LogP contribution in [0.4, 0.5) is 0 Å². The van der Waals surface area contributed by atoms with Gasteiger partial charge < -0.3 is 14.7 Å². The second-order valence-corrected chi connectivity index (χ2v) is 6.79. The highest BCUT2D eigenvalue weighted by Crippen LogP contribution is 2.13. The lowest BCUT2D eigenvalue weighted by Gasteiger charge is -2.34. The van der Waals surface area contributed by atoms with Crippen molar-refractivity contribution in [2.24, 2.45) is 0 Å². The van der Waals surface area contributed by atoms with Gasteiger partial charge in [-0.2, -0.15) is 0 Å². The maximum Gasteiger partial charge on any atom is 0.273 e. The molecule has 0 radical (unpaired) electrons. The maximum atomic E-state index is 12.3. The molecule has 1 N–H and O–H groups in total. The number of aromatic nitrogens is 1. The van der Waals surface area contributed by atoms with E-state index >= 15 is 0 Å². The van der Waals surface area contributed by atoms with Gasteiger partial charge >= 0.3 is 0 Å². The zero-order valence-corrected chi connectivity index (χ0v) is 14.3. The summed E-state index contributed by atoms with van der Waals surface area (Å²) >= 11 is 0. The van der Waals surface area contributed by atoms with Crippen molar-refractivity contribution in [3.05, 3.63) is 17.5 Å². The van der Waals surface area contributed by atoms with Gasteiger partial charge in [0.2, 0.25) is 5.91 Å². The van der Waals surface area contributed by atoms with Gasteiger partial charge in [-0.05, 0) is 39.0 Å². The number of hydrogen-bond acceptors (Lipinski definition) is 5. The lowest BCUT2D eigenvalue weighted by molar-refractivity contribution is -0.133. The highest BCUT2D eigenvalue weighted by molar-refractivity contribution is 5.92. The molecule has 0 atom stereocenters. The minimum atomic E-state index is -0.185. The predicted molar refractivity (Wildman–Crippen MR) is 88.6 cm³/mol. The molecule has 7 nitrogen and oxygen atoms in total. The number of nitrogens with zero attached hydrogens (tertiary/aromatic N) is 3. The summed E-state index contributed by atoms with van der Waals surface area (Å²) in [5.74, 6) is 0.691. The first-order chi connectivity index (χ1) is 11.6. The molecule has 2 amide bonds. The van der Waals surface area contributed by atoms with Crippen LogP contribution in [0.1, 0.15) is 48.4 Å². The predicted octanol–water partition coefficient (Wildman–Crippen LogP) is 1.19. The quantitative estimate of drug-likeness (QED) is 0.895. The van der Waals surface area contributed by atoms with Crippen molar-refractivity contribution in [3.63, 3.8) is 0 Å². The number of rotatable bonds is 4. The molecule has 24 heavy (non-hydrogen) atoms. The fraction of sp³-hybridized carbons (Fsp3) is 0.706. The van der Waals surface area contributed by atoms with Crippen LogP contribution < -0.4 is 5.32 Å². The van der Waals surface area contributed by atoms with Crippen LogP contribution in [0.15, 0.2) is 10.6 Å². The summed E-state index contributed by atoms with van der Waals surface area (Å²) in [6, 6.07) is 1.78. The monoisotopic (exact) mass is 334 g/mol. The average molecular weight is 334 g/mol. The second-order valence-electron chi connectivity index (χ2n) is 6.79. The van der Waals surface area contributed by atoms with Gasteiger partial charge in [-0.1, -0.05) is 5.16 Å². The Morgan fingerprint density at radius 3 is 2.54 bits per heavy atom. The Morgan fingerprint density at radius 2 is 1.92 bits per heavy atom. The summed E-state index contributed by atoms with van der Waals surface area (Å²) in [5.41, 5.74) is 0.329. The van der Waals surface area contributed by atoms with Crippen LogP contribution in [0.2, 0.25) is 0 Å². The van der Waals surface area contributed by atoms with Crippen LogP contribution >= 0.6 is 0 Å². The molecule has 0 aliphatic carbocycles. The van der Waals surface area contributed by atoms with Crippen molar-refractivity contribution in [1.82, 2.24) is 20.3 Å². The van der Waals surface area contributed by atoms with Gasteiger partial charge in [0.05, 0.1) is 6.54 Å². The minimum absolute atomic E-state index is 0.135. The first-order valence-corrected chi connectivity index (χ1v) is 8.86. The van der Waals surface area contributed by atoms with Gasteiger partial charge in [-0.3, -0.25) is 14.5 Å². The summed E-state index contributed by atoms with van der Waals surface area (Å²) in [4.78, 5) is 28.6. The van der Waals surface area contributed by atoms with Gasteiger partial charge in [0.1, 0.15) is 5.76 Å². The fourth-order valence-electron chi connectivity index (χ4n) is 3.40. The Bertz CT molecular complexity index is 572. The minimum Gasteiger partial charge on any atom is -0.361 e. The molecule has 3 heterocycles. The Morgan fingerprint density at radius 1 is 1.21 bits per heavy atom. The summed E-state index contributed by atoms with van der Waals surface area (Å²) in [7, 11) is 0. The highest BCUT2D eigenvalue weighted by atomic mass is 16.5. The summed E-state index contributed by atoms with van der Waals surface area (Å²) in [6.45, 7) is 5.75. The van der Waals surface area contributed by atoms with E-state index in [0.29, 0.717) is 18.0 Å². The third kappa shape index (κ3) is 4.35. The molecule has 0 bridgehead atoms. The van der Waals surface area contributed by atoms with Crippen molar-refractivity contribution in [1.29, 1.82) is 0 Å². The summed E-state index contributed by atoms with van der Waals surface area (Å²) in [6.07, 6.45) is 5.20. The molecular formula is C17H26N4O3. The van der Waals surface area contributed by atoms with Gasteiger partial charge in [0, 0.05) is 38.3 Å². The average Bonchev–Trinajstić information content (AvgIpc) is 3.04. The summed E-state index contributed by atoms with van der Waals surface area (Å²) < 4.78 is 4.93. The lowest BCUT2D eigenvalue weighted by Crippen LogP contribution is -2.48. The molecule has 7 heteroatoms. The topological polar surface area (TPSA) is 78.7 Å². The van der Waals surface area contributed by atoms with E-state index in [9.17, 15) is 9.59 Å². The summed E-state index contributed by atoms with van der Waals surface area (Å²) in [5, 5.41) is 6.74. The molecular weight excluding hydrogens is 308 g/mol. The SMILES string of the molecule is Cc1cc(C(=O)NC2CCN(CC(=O)N3CCCCC3)CC2)no1. The van der Waals surface area contributed by atoms with Crippen molar-refractivity contribution in [2.75, 3.05) is 32.7 Å². The number of carbonyl (C=O) groups is 2. The Labute approximate surface area is 142 Å². The van der Waals surface area contributed by atoms with E-state index < -0.39 is 0 Å². The molecule has 3 rings (SSSR count). The standard InChI is InChI=1S/C17H26N4O3/c1-13-11-15(19-24-13)17(23)18-14-5-9-20(10-6-14)12-16(22)21-7-3-2-4-8-21/h11,14H,2-10,12H2,1H3,(H,18,23). The van der Waals surface area contributed by atoms with Crippen LogP contribution in [0.5, 0.6) is 0 Å². The Kier molecular flexibility index (Phi) is 5.50. The zero-order chi connectivity index (χ0) is 16.9. The Balaban J connectivity index is 1.40. The van der Waals surface area contributed by atoms with Gasteiger partial charge in [0.15, 0.2) is 5.69 Å². The molecule has 1 aromatic heterocycles. The molecule has 0 saturated carbocycles. The highest BCUT2D eigenvalue weighted by Gasteiger charge is 2.25. The molecule has 0 unspecified atom stereocenters. The first-order valence-electron chi connectivity index (χ1n) is 8.86. The van der Waals surface area contributed by atoms with Gasteiger partial charge in [0.25, 0.3) is 5.91 Å². The third-order valence-electron chi connectivity index (χ3n) is 4.85. The van der Waals surface area contributed by atoms with Crippen molar-refractivity contribution in [3.8, 4) is 0 Å². The van der Waals surface area contributed by atoms with E-state index in [1.54, 1.807) is 13.0 Å². The number of piperidine rings is 2. The second kappa shape index (κ2) is 7.79. The van der Waals surface area contributed by atoms with E-state index in [2.05, 4.69) is 15.4 Å². The normalized spacial score (nSPS) is 20.1. The van der Waals surface area contributed by atoms with Crippen LogP contribution in [0.3, 0.4) is 0 Å². The van der Waals surface area contributed by atoms with Gasteiger partial charge in [-0.25, -0.2) is 0 Å². The molecule has 1 aromatic rings. The van der Waals surface area contributed by atoms with E-state index in [4.69, 9.17) is 4.52 Å². The maximum absolute atomic E-state index is 12.3. The van der Waals surface area contributed by atoms with E-state index in [1.807, 2.05) is 4.90 Å². The number of likely N-dealkylation sites (tertiary alicyclic amines) is 2. The number of amides is 2. The number of carbonyl (C=O) groups excluding carboxylic acids is 2. The first kappa shape index (κ1) is 17.0. The van der Waals surface area contributed by atoms with E-state index in [0.717, 1.165) is 51.9 Å². The molecule has 2 aliphatic heterocycles. The van der Waals surface area contributed by atoms with Crippen LogP contribution in [-0.2, 0) is 4.79 Å². The van der Waals surface area contributed by atoms with Crippen molar-refractivity contribution in [2.45, 2.75) is 45.1 Å². The largest absolute Gasteiger partial charge is 0.361 e. The fourth-order valence-corrected chi connectivity index (χ4v) is 3.40. The van der Waals surface area contributed by atoms with E-state index in [1.165, 1.54) is 6.42 Å². The smallest absolute Gasteiger partial charge is 0.273 e. The van der Waals surface area contributed by atoms with Crippen molar-refractivity contribution >= 4 is 11.8 Å². The molecule has 0 spiro atoms. The lowest BCUT2D eigenvalue weighted by atomic mass is 10.0. The number of nitrogens with one attached hydrogen (secondary N) is 1. The number of hydrogen-bond donors (Lipinski definition) is 1. The van der Waals surface area contributed by atoms with Gasteiger partial charge in [-0.15, -0.1) is 0 Å². The molecule has 2 fully saturated rings. The Hall–Kier alpha value is -1.89. The molecule has 132 valence electrons.